The number of nitrogen functional groups attached to an aromatic ring is 1. The second-order valence-corrected chi connectivity index (χ2v) is 9.15. The number of aryl methyl sites for hydroxylation is 1. The molecule has 1 saturated heterocycles. The SMILES string of the molecule is Cn1cc(-c2ccc(N=S3(=O)CCCCC3)c(F)c2)c2c(N)ncnc21. The summed E-state index contributed by atoms with van der Waals surface area (Å²) in [5, 5.41) is 0.692. The van der Waals surface area contributed by atoms with Crippen LogP contribution in [-0.2, 0) is 16.8 Å². The van der Waals surface area contributed by atoms with Gasteiger partial charge >= 0.3 is 0 Å². The highest BCUT2D eigenvalue weighted by Crippen LogP contribution is 2.34. The molecule has 0 unspecified atom stereocenters. The highest BCUT2D eigenvalue weighted by molar-refractivity contribution is 7.93. The maximum Gasteiger partial charge on any atom is 0.150 e. The largest absolute Gasteiger partial charge is 0.383 e. The van der Waals surface area contributed by atoms with Crippen molar-refractivity contribution >= 4 is 32.3 Å². The average Bonchev–Trinajstić information content (AvgIpc) is 2.96. The van der Waals surface area contributed by atoms with Crippen LogP contribution in [0.3, 0.4) is 0 Å². The Morgan fingerprint density at radius 1 is 1.23 bits per heavy atom. The van der Waals surface area contributed by atoms with E-state index in [0.717, 1.165) is 24.8 Å². The van der Waals surface area contributed by atoms with E-state index in [-0.39, 0.29) is 5.69 Å². The predicted octanol–water partition coefficient (Wildman–Crippen LogP) is 3.64. The van der Waals surface area contributed by atoms with Crippen LogP contribution in [0.25, 0.3) is 22.2 Å². The Hall–Kier alpha value is -2.48. The number of hydrogen-bond donors (Lipinski definition) is 1. The van der Waals surface area contributed by atoms with Gasteiger partial charge in [-0.3, -0.25) is 0 Å². The van der Waals surface area contributed by atoms with Gasteiger partial charge in [0.2, 0.25) is 0 Å². The third-order valence-corrected chi connectivity index (χ3v) is 7.12. The Kier molecular flexibility index (Phi) is 4.14. The van der Waals surface area contributed by atoms with E-state index in [1.54, 1.807) is 12.1 Å². The normalized spacial score (nSPS) is 16.7. The summed E-state index contributed by atoms with van der Waals surface area (Å²) in [6.07, 6.45) is 6.10. The maximum absolute atomic E-state index is 14.7. The van der Waals surface area contributed by atoms with Crippen LogP contribution in [0.15, 0.2) is 35.1 Å². The van der Waals surface area contributed by atoms with E-state index in [4.69, 9.17) is 5.73 Å². The summed E-state index contributed by atoms with van der Waals surface area (Å²) in [5.41, 5.74) is 8.26. The zero-order valence-electron chi connectivity index (χ0n) is 14.5. The molecule has 0 radical (unpaired) electrons. The first-order valence-electron chi connectivity index (χ1n) is 8.55. The van der Waals surface area contributed by atoms with Crippen molar-refractivity contribution < 1.29 is 8.60 Å². The fraction of sp³-hybridized carbons (Fsp3) is 0.333. The number of nitrogens with two attached hydrogens (primary N) is 1. The van der Waals surface area contributed by atoms with Gasteiger partial charge in [0.1, 0.15) is 29.3 Å². The Balaban J connectivity index is 1.80. The average molecular weight is 373 g/mol. The molecule has 1 aliphatic heterocycles. The fourth-order valence-electron chi connectivity index (χ4n) is 3.41. The van der Waals surface area contributed by atoms with E-state index in [1.807, 2.05) is 17.8 Å². The molecule has 0 aliphatic carbocycles. The van der Waals surface area contributed by atoms with Crippen LogP contribution in [0.1, 0.15) is 19.3 Å². The first-order valence-corrected chi connectivity index (χ1v) is 10.4. The number of halogens is 1. The molecular formula is C18H20FN5OS. The number of rotatable bonds is 2. The zero-order valence-corrected chi connectivity index (χ0v) is 15.3. The van der Waals surface area contributed by atoms with E-state index in [1.165, 1.54) is 12.4 Å². The van der Waals surface area contributed by atoms with Gasteiger partial charge in [0, 0.05) is 30.3 Å². The molecular weight excluding hydrogens is 353 g/mol. The van der Waals surface area contributed by atoms with Gasteiger partial charge in [-0.25, -0.2) is 18.6 Å². The van der Waals surface area contributed by atoms with E-state index in [0.29, 0.717) is 33.9 Å². The van der Waals surface area contributed by atoms with Gasteiger partial charge in [-0.2, -0.15) is 4.36 Å². The first kappa shape index (κ1) is 17.0. The van der Waals surface area contributed by atoms with Crippen molar-refractivity contribution in [2.24, 2.45) is 11.4 Å². The Morgan fingerprint density at radius 3 is 2.73 bits per heavy atom. The quantitative estimate of drug-likeness (QED) is 0.743. The summed E-state index contributed by atoms with van der Waals surface area (Å²) >= 11 is 0. The minimum absolute atomic E-state index is 0.158. The molecule has 3 aromatic rings. The van der Waals surface area contributed by atoms with Crippen LogP contribution in [0.2, 0.25) is 0 Å². The van der Waals surface area contributed by atoms with Crippen LogP contribution in [-0.4, -0.2) is 30.2 Å². The van der Waals surface area contributed by atoms with Gasteiger partial charge in [0.15, 0.2) is 0 Å². The molecule has 2 aromatic heterocycles. The zero-order chi connectivity index (χ0) is 18.3. The monoisotopic (exact) mass is 373 g/mol. The molecule has 3 heterocycles. The molecule has 1 aliphatic rings. The van der Waals surface area contributed by atoms with Gasteiger partial charge in [-0.1, -0.05) is 12.5 Å². The van der Waals surface area contributed by atoms with E-state index >= 15 is 0 Å². The summed E-state index contributed by atoms with van der Waals surface area (Å²) in [7, 11) is -0.487. The van der Waals surface area contributed by atoms with Crippen molar-refractivity contribution in [3.05, 3.63) is 36.5 Å². The Bertz CT molecular complexity index is 1100. The highest BCUT2D eigenvalue weighted by atomic mass is 32.2. The Morgan fingerprint density at radius 2 is 2.00 bits per heavy atom. The van der Waals surface area contributed by atoms with Crippen LogP contribution in [0.4, 0.5) is 15.9 Å². The van der Waals surface area contributed by atoms with Gasteiger partial charge in [0.25, 0.3) is 0 Å². The Labute approximate surface area is 151 Å². The van der Waals surface area contributed by atoms with Crippen molar-refractivity contribution in [2.75, 3.05) is 17.2 Å². The molecule has 26 heavy (non-hydrogen) atoms. The van der Waals surface area contributed by atoms with Crippen molar-refractivity contribution in [3.8, 4) is 11.1 Å². The topological polar surface area (TPSA) is 86.2 Å². The van der Waals surface area contributed by atoms with Crippen LogP contribution < -0.4 is 5.73 Å². The lowest BCUT2D eigenvalue weighted by atomic mass is 10.1. The number of fused-ring (bicyclic) bond motifs is 1. The molecule has 1 aromatic carbocycles. The minimum atomic E-state index is -2.34. The number of anilines is 1. The van der Waals surface area contributed by atoms with Gasteiger partial charge in [-0.15, -0.1) is 0 Å². The third kappa shape index (κ3) is 2.94. The van der Waals surface area contributed by atoms with E-state index in [9.17, 15) is 8.60 Å². The van der Waals surface area contributed by atoms with Gasteiger partial charge in [-0.05, 0) is 30.5 Å². The molecule has 136 valence electrons. The van der Waals surface area contributed by atoms with Crippen molar-refractivity contribution in [1.29, 1.82) is 0 Å². The minimum Gasteiger partial charge on any atom is -0.383 e. The summed E-state index contributed by atoms with van der Waals surface area (Å²) in [5.74, 6) is 0.963. The molecule has 0 atom stereocenters. The highest BCUT2D eigenvalue weighted by Gasteiger charge is 2.17. The summed E-state index contributed by atoms with van der Waals surface area (Å²) in [6.45, 7) is 0. The lowest BCUT2D eigenvalue weighted by Gasteiger charge is -2.15. The number of benzene rings is 1. The van der Waals surface area contributed by atoms with Crippen LogP contribution >= 0.6 is 0 Å². The molecule has 2 N–H and O–H groups in total. The second kappa shape index (κ2) is 6.35. The van der Waals surface area contributed by atoms with Gasteiger partial charge in [0.05, 0.1) is 15.1 Å². The second-order valence-electron chi connectivity index (χ2n) is 6.61. The predicted molar refractivity (Wildman–Crippen MR) is 102 cm³/mol. The third-order valence-electron chi connectivity index (χ3n) is 4.73. The smallest absolute Gasteiger partial charge is 0.150 e. The first-order chi connectivity index (χ1) is 12.5. The molecule has 4 rings (SSSR count). The van der Waals surface area contributed by atoms with Crippen LogP contribution in [0, 0.1) is 5.82 Å². The van der Waals surface area contributed by atoms with Crippen molar-refractivity contribution in [3.63, 3.8) is 0 Å². The molecule has 6 nitrogen and oxygen atoms in total. The molecule has 0 saturated carbocycles. The van der Waals surface area contributed by atoms with Crippen LogP contribution in [0.5, 0.6) is 0 Å². The number of aromatic nitrogens is 3. The number of hydrogen-bond acceptors (Lipinski definition) is 5. The molecule has 0 amide bonds. The lowest BCUT2D eigenvalue weighted by molar-refractivity contribution is 0.627. The number of nitrogens with zero attached hydrogens (tertiary/aromatic N) is 4. The van der Waals surface area contributed by atoms with Crippen molar-refractivity contribution in [2.45, 2.75) is 19.3 Å². The summed E-state index contributed by atoms with van der Waals surface area (Å²) in [6, 6.07) is 4.77. The fourth-order valence-corrected chi connectivity index (χ4v) is 5.61. The molecule has 8 heteroatoms. The van der Waals surface area contributed by atoms with Crippen molar-refractivity contribution in [1.82, 2.24) is 14.5 Å². The molecule has 0 spiro atoms. The molecule has 1 fully saturated rings. The van der Waals surface area contributed by atoms with E-state index in [2.05, 4.69) is 14.3 Å². The standard InChI is InChI=1S/C18H20FN5OS/c1-24-10-13(16-17(20)21-11-22-18(16)24)12-5-6-15(14(19)9-12)23-26(25)7-3-2-4-8-26/h5-6,9-11H,2-4,7-8H2,1H3,(H2,20,21,22). The maximum atomic E-state index is 14.7. The summed E-state index contributed by atoms with van der Waals surface area (Å²) in [4.78, 5) is 8.27. The lowest BCUT2D eigenvalue weighted by Crippen LogP contribution is -2.15. The molecule has 0 bridgehead atoms. The van der Waals surface area contributed by atoms with E-state index < -0.39 is 15.5 Å². The summed E-state index contributed by atoms with van der Waals surface area (Å²) < 4.78 is 33.5. The van der Waals surface area contributed by atoms with Gasteiger partial charge < -0.3 is 10.3 Å².